The summed E-state index contributed by atoms with van der Waals surface area (Å²) in [6, 6.07) is 4.08. The average molecular weight is 273 g/mol. The molecule has 19 heavy (non-hydrogen) atoms. The second kappa shape index (κ2) is 4.31. The normalized spacial score (nSPS) is 11.6. The first-order chi connectivity index (χ1) is 9.04. The average Bonchev–Trinajstić information content (AvgIpc) is 2.93. The van der Waals surface area contributed by atoms with Crippen LogP contribution in [0.1, 0.15) is 30.3 Å². The molecule has 6 heteroatoms. The first-order valence-corrected chi connectivity index (χ1v) is 6.96. The Balaban J connectivity index is 2.22. The van der Waals surface area contributed by atoms with E-state index in [1.54, 1.807) is 16.0 Å². The topological polar surface area (TPSA) is 69.6 Å². The third-order valence-corrected chi connectivity index (χ3v) is 3.88. The zero-order chi connectivity index (χ0) is 13.6. The molecule has 0 saturated heterocycles. The van der Waals surface area contributed by atoms with Gasteiger partial charge in [0.1, 0.15) is 4.83 Å². The summed E-state index contributed by atoms with van der Waals surface area (Å²) in [6.07, 6.45) is 1.92. The number of anilines is 1. The van der Waals surface area contributed by atoms with Crippen LogP contribution in [0.3, 0.4) is 0 Å². The van der Waals surface area contributed by atoms with Crippen LogP contribution >= 0.6 is 11.3 Å². The number of nitrogens with zero attached hydrogens (tertiary/aromatic N) is 4. The van der Waals surface area contributed by atoms with Gasteiger partial charge in [-0.15, -0.1) is 11.3 Å². The van der Waals surface area contributed by atoms with Crippen LogP contribution in [-0.2, 0) is 0 Å². The lowest BCUT2D eigenvalue weighted by atomic mass is 10.1. The molecule has 2 N–H and O–H groups in total. The Labute approximate surface area is 115 Å². The number of aromatic nitrogens is 4. The van der Waals surface area contributed by atoms with Gasteiger partial charge in [-0.25, -0.2) is 9.67 Å². The number of nitrogens with two attached hydrogens (primary N) is 1. The Hall–Kier alpha value is -1.95. The molecule has 3 rings (SSSR count). The maximum Gasteiger partial charge on any atom is 0.223 e. The Morgan fingerprint density at radius 2 is 2.11 bits per heavy atom. The van der Waals surface area contributed by atoms with E-state index in [1.165, 1.54) is 4.88 Å². The number of aryl methyl sites for hydroxylation is 1. The van der Waals surface area contributed by atoms with Crippen LogP contribution in [0.2, 0.25) is 0 Å². The summed E-state index contributed by atoms with van der Waals surface area (Å²) in [6.45, 7) is 6.28. The third kappa shape index (κ3) is 2.08. The molecule has 0 fully saturated rings. The molecule has 0 unspecified atom stereocenters. The van der Waals surface area contributed by atoms with E-state index >= 15 is 0 Å². The highest BCUT2D eigenvalue weighted by atomic mass is 32.1. The van der Waals surface area contributed by atoms with Gasteiger partial charge in [0.2, 0.25) is 5.95 Å². The predicted octanol–water partition coefficient (Wildman–Crippen LogP) is 2.89. The summed E-state index contributed by atoms with van der Waals surface area (Å²) in [5.74, 6) is 1.42. The first-order valence-electron chi connectivity index (χ1n) is 6.14. The molecule has 3 aromatic heterocycles. The van der Waals surface area contributed by atoms with Crippen LogP contribution in [-0.4, -0.2) is 19.7 Å². The van der Waals surface area contributed by atoms with Gasteiger partial charge in [-0.3, -0.25) is 0 Å². The molecule has 0 amide bonds. The fraction of sp³-hybridized carbons (Fsp3) is 0.308. The van der Waals surface area contributed by atoms with Crippen molar-refractivity contribution in [1.29, 1.82) is 0 Å². The number of rotatable bonds is 2. The maximum absolute atomic E-state index is 5.78. The van der Waals surface area contributed by atoms with E-state index in [-0.39, 0.29) is 5.95 Å². The second-order valence-electron chi connectivity index (χ2n) is 4.82. The van der Waals surface area contributed by atoms with Crippen LogP contribution < -0.4 is 5.73 Å². The lowest BCUT2D eigenvalue weighted by molar-refractivity contribution is 0.761. The third-order valence-electron chi connectivity index (χ3n) is 2.93. The van der Waals surface area contributed by atoms with Gasteiger partial charge in [-0.1, -0.05) is 13.8 Å². The Kier molecular flexibility index (Phi) is 2.74. The molecule has 3 aromatic rings. The van der Waals surface area contributed by atoms with E-state index in [1.807, 2.05) is 12.3 Å². The summed E-state index contributed by atoms with van der Waals surface area (Å²) in [7, 11) is 0. The van der Waals surface area contributed by atoms with Crippen molar-refractivity contribution in [2.45, 2.75) is 26.7 Å². The monoisotopic (exact) mass is 273 g/mol. The minimum atomic E-state index is 0.283. The zero-order valence-corrected chi connectivity index (χ0v) is 11.9. The van der Waals surface area contributed by atoms with E-state index in [2.05, 4.69) is 41.9 Å². The quantitative estimate of drug-likeness (QED) is 0.779. The van der Waals surface area contributed by atoms with Crippen molar-refractivity contribution in [1.82, 2.24) is 19.7 Å². The van der Waals surface area contributed by atoms with Gasteiger partial charge in [-0.2, -0.15) is 10.1 Å². The van der Waals surface area contributed by atoms with Gasteiger partial charge < -0.3 is 5.73 Å². The van der Waals surface area contributed by atoms with Crippen molar-refractivity contribution in [2.75, 3.05) is 5.73 Å². The zero-order valence-electron chi connectivity index (χ0n) is 11.1. The predicted molar refractivity (Wildman–Crippen MR) is 77.8 cm³/mol. The lowest BCUT2D eigenvalue weighted by Gasteiger charge is -2.04. The molecule has 0 aliphatic carbocycles. The molecule has 0 saturated carbocycles. The Bertz CT molecular complexity index is 741. The highest BCUT2D eigenvalue weighted by Crippen LogP contribution is 2.28. The highest BCUT2D eigenvalue weighted by Gasteiger charge is 2.13. The van der Waals surface area contributed by atoms with Crippen molar-refractivity contribution >= 4 is 27.5 Å². The molecule has 0 atom stereocenters. The number of nitrogen functional groups attached to an aromatic ring is 1. The minimum Gasteiger partial charge on any atom is -0.368 e. The van der Waals surface area contributed by atoms with Gasteiger partial charge in [0.25, 0.3) is 0 Å². The van der Waals surface area contributed by atoms with E-state index in [0.717, 1.165) is 21.7 Å². The fourth-order valence-corrected chi connectivity index (χ4v) is 2.86. The molecule has 0 spiro atoms. The highest BCUT2D eigenvalue weighted by molar-refractivity contribution is 7.18. The van der Waals surface area contributed by atoms with Gasteiger partial charge in [0, 0.05) is 11.1 Å². The van der Waals surface area contributed by atoms with Crippen molar-refractivity contribution in [3.63, 3.8) is 0 Å². The molecule has 0 aliphatic heterocycles. The number of thiophene rings is 1. The Morgan fingerprint density at radius 1 is 1.32 bits per heavy atom. The molecule has 0 bridgehead atoms. The SMILES string of the molecule is Cc1cc2c(-n3ccc(C(C)C)n3)nc(N)nc2s1. The number of hydrogen-bond acceptors (Lipinski definition) is 5. The summed E-state index contributed by atoms with van der Waals surface area (Å²) >= 11 is 1.62. The maximum atomic E-state index is 5.78. The van der Waals surface area contributed by atoms with E-state index in [9.17, 15) is 0 Å². The van der Waals surface area contributed by atoms with Crippen LogP contribution in [0.5, 0.6) is 0 Å². The molecule has 3 heterocycles. The number of hydrogen-bond donors (Lipinski definition) is 1. The van der Waals surface area contributed by atoms with Gasteiger partial charge in [0.05, 0.1) is 11.1 Å². The van der Waals surface area contributed by atoms with Crippen LogP contribution in [0, 0.1) is 6.92 Å². The van der Waals surface area contributed by atoms with Crippen molar-refractivity contribution in [2.24, 2.45) is 0 Å². The molecule has 5 nitrogen and oxygen atoms in total. The summed E-state index contributed by atoms with van der Waals surface area (Å²) in [5.41, 5.74) is 6.82. The van der Waals surface area contributed by atoms with Crippen LogP contribution in [0.15, 0.2) is 18.3 Å². The minimum absolute atomic E-state index is 0.283. The van der Waals surface area contributed by atoms with Crippen molar-refractivity contribution in [3.05, 3.63) is 28.9 Å². The van der Waals surface area contributed by atoms with Gasteiger partial charge >= 0.3 is 0 Å². The Morgan fingerprint density at radius 3 is 2.79 bits per heavy atom. The van der Waals surface area contributed by atoms with Crippen LogP contribution in [0.25, 0.3) is 16.0 Å². The van der Waals surface area contributed by atoms with E-state index in [0.29, 0.717) is 5.92 Å². The first kappa shape index (κ1) is 12.1. The van der Waals surface area contributed by atoms with Gasteiger partial charge in [-0.05, 0) is 25.0 Å². The summed E-state index contributed by atoms with van der Waals surface area (Å²) < 4.78 is 1.78. The summed E-state index contributed by atoms with van der Waals surface area (Å²) in [4.78, 5) is 10.7. The molecular formula is C13H15N5S. The molecule has 0 radical (unpaired) electrons. The molecule has 0 aromatic carbocycles. The van der Waals surface area contributed by atoms with Crippen LogP contribution in [0.4, 0.5) is 5.95 Å². The lowest BCUT2D eigenvalue weighted by Crippen LogP contribution is -2.04. The fourth-order valence-electron chi connectivity index (χ4n) is 1.98. The summed E-state index contributed by atoms with van der Waals surface area (Å²) in [5, 5.41) is 5.55. The van der Waals surface area contributed by atoms with E-state index < -0.39 is 0 Å². The van der Waals surface area contributed by atoms with Crippen molar-refractivity contribution in [3.8, 4) is 5.82 Å². The number of fused-ring (bicyclic) bond motifs is 1. The van der Waals surface area contributed by atoms with Gasteiger partial charge in [0.15, 0.2) is 5.82 Å². The standard InChI is InChI=1S/C13H15N5S/c1-7(2)10-4-5-18(17-10)11-9-6-8(3)19-12(9)16-13(14)15-11/h4-7H,1-3H3,(H2,14,15,16). The molecular weight excluding hydrogens is 258 g/mol. The smallest absolute Gasteiger partial charge is 0.223 e. The second-order valence-corrected chi connectivity index (χ2v) is 6.06. The molecule has 0 aliphatic rings. The largest absolute Gasteiger partial charge is 0.368 e. The van der Waals surface area contributed by atoms with Crippen molar-refractivity contribution < 1.29 is 0 Å². The molecule has 98 valence electrons. The van der Waals surface area contributed by atoms with E-state index in [4.69, 9.17) is 5.73 Å².